The number of thioether (sulfide) groups is 1. The zero-order valence-corrected chi connectivity index (χ0v) is 19.1. The SMILES string of the molecule is Cc1ncc2c(c1CNC(=O)CSc1ccccc1)CCN(C(=O)Cc1cccs1)C2. The second kappa shape index (κ2) is 10.1. The van der Waals surface area contributed by atoms with Gasteiger partial charge in [-0.15, -0.1) is 23.1 Å². The predicted octanol–water partition coefficient (Wildman–Crippen LogP) is 3.99. The minimum atomic E-state index is 0.00872. The van der Waals surface area contributed by atoms with Gasteiger partial charge in [0.2, 0.25) is 11.8 Å². The quantitative estimate of drug-likeness (QED) is 0.552. The highest BCUT2D eigenvalue weighted by atomic mass is 32.2. The monoisotopic (exact) mass is 451 g/mol. The summed E-state index contributed by atoms with van der Waals surface area (Å²) < 4.78 is 0. The van der Waals surface area contributed by atoms with E-state index in [-0.39, 0.29) is 11.8 Å². The summed E-state index contributed by atoms with van der Waals surface area (Å²) in [6, 6.07) is 13.9. The van der Waals surface area contributed by atoms with Gasteiger partial charge in [0.1, 0.15) is 0 Å². The Kier molecular flexibility index (Phi) is 7.04. The van der Waals surface area contributed by atoms with Gasteiger partial charge in [0.25, 0.3) is 0 Å². The molecule has 0 bridgehead atoms. The molecule has 1 aliphatic heterocycles. The number of carbonyl (C=O) groups excluding carboxylic acids is 2. The van der Waals surface area contributed by atoms with Crippen molar-refractivity contribution in [1.82, 2.24) is 15.2 Å². The van der Waals surface area contributed by atoms with E-state index in [0.29, 0.717) is 31.8 Å². The van der Waals surface area contributed by atoms with Gasteiger partial charge in [-0.2, -0.15) is 0 Å². The zero-order valence-electron chi connectivity index (χ0n) is 17.5. The number of aromatic nitrogens is 1. The molecule has 7 heteroatoms. The molecule has 160 valence electrons. The van der Waals surface area contributed by atoms with Crippen molar-refractivity contribution in [2.24, 2.45) is 0 Å². The molecular weight excluding hydrogens is 426 g/mol. The number of thiophene rings is 1. The maximum atomic E-state index is 12.7. The lowest BCUT2D eigenvalue weighted by Gasteiger charge is -2.30. The zero-order chi connectivity index (χ0) is 21.6. The van der Waals surface area contributed by atoms with Crippen molar-refractivity contribution in [2.45, 2.75) is 37.8 Å². The Morgan fingerprint density at radius 2 is 2.03 bits per heavy atom. The number of amides is 2. The first-order valence-corrected chi connectivity index (χ1v) is 12.2. The lowest BCUT2D eigenvalue weighted by molar-refractivity contribution is -0.131. The first-order valence-electron chi connectivity index (χ1n) is 10.3. The molecule has 0 radical (unpaired) electrons. The number of hydrogen-bond donors (Lipinski definition) is 1. The molecule has 0 saturated heterocycles. The van der Waals surface area contributed by atoms with Crippen molar-refractivity contribution >= 4 is 34.9 Å². The molecular formula is C24H25N3O2S2. The summed E-state index contributed by atoms with van der Waals surface area (Å²) in [5, 5.41) is 5.04. The number of aryl methyl sites for hydroxylation is 1. The summed E-state index contributed by atoms with van der Waals surface area (Å²) in [6.07, 6.45) is 3.12. The first-order chi connectivity index (χ1) is 15.1. The summed E-state index contributed by atoms with van der Waals surface area (Å²) in [6.45, 7) is 3.73. The third kappa shape index (κ3) is 5.54. The molecule has 3 heterocycles. The largest absolute Gasteiger partial charge is 0.351 e. The van der Waals surface area contributed by atoms with Crippen LogP contribution in [-0.2, 0) is 35.5 Å². The van der Waals surface area contributed by atoms with E-state index >= 15 is 0 Å². The van der Waals surface area contributed by atoms with Gasteiger partial charge >= 0.3 is 0 Å². The smallest absolute Gasteiger partial charge is 0.230 e. The van der Waals surface area contributed by atoms with Crippen LogP contribution in [0.15, 0.2) is 58.9 Å². The number of fused-ring (bicyclic) bond motifs is 1. The minimum Gasteiger partial charge on any atom is -0.351 e. The van der Waals surface area contributed by atoms with E-state index in [1.807, 2.05) is 65.9 Å². The Morgan fingerprint density at radius 3 is 2.81 bits per heavy atom. The third-order valence-corrected chi connectivity index (χ3v) is 7.32. The number of pyridine rings is 1. The van der Waals surface area contributed by atoms with Gasteiger partial charge in [0.05, 0.1) is 12.2 Å². The minimum absolute atomic E-state index is 0.00872. The Morgan fingerprint density at radius 1 is 1.19 bits per heavy atom. The number of nitrogens with one attached hydrogen (secondary N) is 1. The van der Waals surface area contributed by atoms with Crippen LogP contribution < -0.4 is 5.32 Å². The molecule has 5 nitrogen and oxygen atoms in total. The van der Waals surface area contributed by atoms with Crippen molar-refractivity contribution in [3.8, 4) is 0 Å². The average molecular weight is 452 g/mol. The van der Waals surface area contributed by atoms with Crippen molar-refractivity contribution in [2.75, 3.05) is 12.3 Å². The van der Waals surface area contributed by atoms with Crippen LogP contribution in [0, 0.1) is 6.92 Å². The molecule has 2 aromatic heterocycles. The van der Waals surface area contributed by atoms with Crippen molar-refractivity contribution in [1.29, 1.82) is 0 Å². The summed E-state index contributed by atoms with van der Waals surface area (Å²) in [7, 11) is 0. The maximum Gasteiger partial charge on any atom is 0.230 e. The normalized spacial score (nSPS) is 13.0. The molecule has 0 aliphatic carbocycles. The van der Waals surface area contributed by atoms with Crippen molar-refractivity contribution < 1.29 is 9.59 Å². The molecule has 0 spiro atoms. The van der Waals surface area contributed by atoms with Gasteiger partial charge in [-0.3, -0.25) is 14.6 Å². The second-order valence-electron chi connectivity index (χ2n) is 7.53. The first kappa shape index (κ1) is 21.6. The predicted molar refractivity (Wildman–Crippen MR) is 125 cm³/mol. The number of rotatable bonds is 7. The number of benzene rings is 1. The summed E-state index contributed by atoms with van der Waals surface area (Å²) >= 11 is 3.15. The van der Waals surface area contributed by atoms with E-state index in [2.05, 4.69) is 10.3 Å². The van der Waals surface area contributed by atoms with Crippen LogP contribution in [0.3, 0.4) is 0 Å². The van der Waals surface area contributed by atoms with E-state index < -0.39 is 0 Å². The maximum absolute atomic E-state index is 12.7. The number of hydrogen-bond acceptors (Lipinski definition) is 5. The van der Waals surface area contributed by atoms with Crippen LogP contribution >= 0.6 is 23.1 Å². The molecule has 31 heavy (non-hydrogen) atoms. The molecule has 2 amide bonds. The Hall–Kier alpha value is -2.64. The van der Waals surface area contributed by atoms with Gasteiger partial charge < -0.3 is 10.2 Å². The molecule has 0 atom stereocenters. The molecule has 3 aromatic rings. The number of carbonyl (C=O) groups is 2. The topological polar surface area (TPSA) is 62.3 Å². The fraction of sp³-hybridized carbons (Fsp3) is 0.292. The Balaban J connectivity index is 1.36. The van der Waals surface area contributed by atoms with Crippen LogP contribution in [0.1, 0.15) is 27.3 Å². The van der Waals surface area contributed by atoms with E-state index in [4.69, 9.17) is 0 Å². The highest BCUT2D eigenvalue weighted by molar-refractivity contribution is 8.00. The Bertz CT molecular complexity index is 1050. The standard InChI is InChI=1S/C24H25N3O2S2/c1-17-22(14-26-23(28)16-31-19-6-3-2-4-7-19)21-9-10-27(15-18(21)13-25-17)24(29)12-20-8-5-11-30-20/h2-8,11,13H,9-10,12,14-16H2,1H3,(H,26,28). The van der Waals surface area contributed by atoms with Gasteiger partial charge in [-0.25, -0.2) is 0 Å². The molecule has 1 aliphatic rings. The molecule has 0 fully saturated rings. The third-order valence-electron chi connectivity index (χ3n) is 5.43. The molecule has 0 saturated carbocycles. The van der Waals surface area contributed by atoms with E-state index in [9.17, 15) is 9.59 Å². The van der Waals surface area contributed by atoms with Gasteiger partial charge in [0.15, 0.2) is 0 Å². The average Bonchev–Trinajstić information content (AvgIpc) is 3.30. The highest BCUT2D eigenvalue weighted by Crippen LogP contribution is 2.25. The fourth-order valence-corrected chi connectivity index (χ4v) is 5.19. The van der Waals surface area contributed by atoms with Crippen LogP contribution in [0.4, 0.5) is 0 Å². The lowest BCUT2D eigenvalue weighted by Crippen LogP contribution is -2.38. The van der Waals surface area contributed by atoms with Gasteiger partial charge in [-0.05, 0) is 53.6 Å². The van der Waals surface area contributed by atoms with Gasteiger partial charge in [-0.1, -0.05) is 24.3 Å². The highest BCUT2D eigenvalue weighted by Gasteiger charge is 2.24. The molecule has 1 aromatic carbocycles. The summed E-state index contributed by atoms with van der Waals surface area (Å²) in [4.78, 5) is 33.7. The summed E-state index contributed by atoms with van der Waals surface area (Å²) in [5.74, 6) is 0.548. The fourth-order valence-electron chi connectivity index (χ4n) is 3.75. The second-order valence-corrected chi connectivity index (χ2v) is 9.61. The molecule has 4 rings (SSSR count). The Labute approximate surface area is 190 Å². The van der Waals surface area contributed by atoms with Crippen LogP contribution in [0.5, 0.6) is 0 Å². The number of nitrogens with zero attached hydrogens (tertiary/aromatic N) is 2. The van der Waals surface area contributed by atoms with E-state index in [0.717, 1.165) is 33.0 Å². The van der Waals surface area contributed by atoms with Crippen molar-refractivity contribution in [3.63, 3.8) is 0 Å². The van der Waals surface area contributed by atoms with E-state index in [1.165, 1.54) is 17.3 Å². The molecule has 1 N–H and O–H groups in total. The summed E-state index contributed by atoms with van der Waals surface area (Å²) in [5.41, 5.74) is 4.33. The van der Waals surface area contributed by atoms with E-state index in [1.54, 1.807) is 11.3 Å². The van der Waals surface area contributed by atoms with Crippen molar-refractivity contribution in [3.05, 3.63) is 81.3 Å². The van der Waals surface area contributed by atoms with Crippen LogP contribution in [-0.4, -0.2) is 34.0 Å². The van der Waals surface area contributed by atoms with Gasteiger partial charge in [0, 0.05) is 41.3 Å². The lowest BCUT2D eigenvalue weighted by atomic mass is 9.94. The van der Waals surface area contributed by atoms with Crippen LogP contribution in [0.25, 0.3) is 0 Å². The van der Waals surface area contributed by atoms with Crippen LogP contribution in [0.2, 0.25) is 0 Å². The molecule has 0 unspecified atom stereocenters.